The molecule has 25 heavy (non-hydrogen) atoms. The van der Waals surface area contributed by atoms with Crippen LogP contribution in [0.3, 0.4) is 0 Å². The fourth-order valence-electron chi connectivity index (χ4n) is 2.96. The number of methoxy groups -OCH3 is 1. The van der Waals surface area contributed by atoms with Gasteiger partial charge in [0, 0.05) is 19.7 Å². The predicted octanol–water partition coefficient (Wildman–Crippen LogP) is 1.79. The number of ether oxygens (including phenoxy) is 1. The maximum Gasteiger partial charge on any atom is 0.316 e. The van der Waals surface area contributed by atoms with Crippen LogP contribution in [0.4, 0.5) is 0 Å². The second kappa shape index (κ2) is 5.34. The van der Waals surface area contributed by atoms with Gasteiger partial charge in [-0.25, -0.2) is 4.98 Å². The van der Waals surface area contributed by atoms with Crippen molar-refractivity contribution in [3.63, 3.8) is 0 Å². The van der Waals surface area contributed by atoms with E-state index in [1.807, 2.05) is 36.4 Å². The van der Waals surface area contributed by atoms with Gasteiger partial charge in [0.15, 0.2) is 0 Å². The van der Waals surface area contributed by atoms with Crippen LogP contribution in [0.15, 0.2) is 46.0 Å². The molecule has 2 aromatic carbocycles. The summed E-state index contributed by atoms with van der Waals surface area (Å²) in [6.07, 6.45) is 0. The van der Waals surface area contributed by atoms with Gasteiger partial charge in [0.2, 0.25) is 0 Å². The van der Waals surface area contributed by atoms with Crippen LogP contribution >= 0.6 is 0 Å². The number of aryl methyl sites for hydroxylation is 2. The van der Waals surface area contributed by atoms with Crippen LogP contribution in [0.2, 0.25) is 0 Å². The number of hydrogen-bond acceptors (Lipinski definition) is 4. The van der Waals surface area contributed by atoms with Crippen molar-refractivity contribution < 1.29 is 4.74 Å². The number of benzene rings is 2. The fourth-order valence-corrected chi connectivity index (χ4v) is 2.96. The Kier molecular flexibility index (Phi) is 3.24. The van der Waals surface area contributed by atoms with Gasteiger partial charge in [-0.15, -0.1) is 0 Å². The first-order valence-electron chi connectivity index (χ1n) is 7.73. The highest BCUT2D eigenvalue weighted by atomic mass is 16.5. The molecule has 0 aliphatic rings. The minimum absolute atomic E-state index is 0.552. The number of imidazole rings is 1. The van der Waals surface area contributed by atoms with E-state index in [0.29, 0.717) is 16.9 Å². The molecule has 0 aliphatic carbocycles. The Morgan fingerprint density at radius 1 is 0.960 bits per heavy atom. The zero-order valence-electron chi connectivity index (χ0n) is 14.0. The first-order chi connectivity index (χ1) is 12.0. The molecule has 0 saturated heterocycles. The molecule has 2 aromatic heterocycles. The van der Waals surface area contributed by atoms with Crippen LogP contribution in [-0.2, 0) is 14.1 Å². The monoisotopic (exact) mass is 336 g/mol. The lowest BCUT2D eigenvalue weighted by Crippen LogP contribution is -2.39. The van der Waals surface area contributed by atoms with Crippen LogP contribution in [0.5, 0.6) is 5.75 Å². The van der Waals surface area contributed by atoms with Gasteiger partial charge in [0.05, 0.1) is 29.2 Å². The number of nitrogens with one attached hydrogen (secondary N) is 1. The molecule has 7 heteroatoms. The van der Waals surface area contributed by atoms with Crippen molar-refractivity contribution >= 4 is 22.1 Å². The smallest absolute Gasteiger partial charge is 0.316 e. The number of H-pyrrole nitrogens is 1. The Labute approximate surface area is 142 Å². The second-order valence-corrected chi connectivity index (χ2v) is 5.90. The molecular formula is C18H16N4O3. The van der Waals surface area contributed by atoms with E-state index >= 15 is 0 Å². The molecule has 0 unspecified atom stereocenters. The molecule has 7 nitrogen and oxygen atoms in total. The van der Waals surface area contributed by atoms with Gasteiger partial charge in [0.1, 0.15) is 11.6 Å². The average molecular weight is 336 g/mol. The molecule has 2 heterocycles. The highest BCUT2D eigenvalue weighted by Gasteiger charge is 2.12. The lowest BCUT2D eigenvalue weighted by Gasteiger charge is -2.08. The van der Waals surface area contributed by atoms with E-state index in [1.54, 1.807) is 21.2 Å². The molecule has 0 atom stereocenters. The third kappa shape index (κ3) is 2.24. The molecule has 4 aromatic rings. The van der Waals surface area contributed by atoms with E-state index in [4.69, 9.17) is 4.74 Å². The van der Waals surface area contributed by atoms with E-state index < -0.39 is 11.1 Å². The maximum atomic E-state index is 12.0. The zero-order chi connectivity index (χ0) is 17.7. The average Bonchev–Trinajstić information content (AvgIpc) is 3.06. The maximum absolute atomic E-state index is 12.0. The van der Waals surface area contributed by atoms with Crippen molar-refractivity contribution in [3.05, 3.63) is 57.1 Å². The SMILES string of the molecule is COc1ccc(-c2nc3cc4c(cc3[nH]2)n(C)c(=O)c(=O)n4C)cc1. The fraction of sp³-hybridized carbons (Fsp3) is 0.167. The first-order valence-corrected chi connectivity index (χ1v) is 7.73. The highest BCUT2D eigenvalue weighted by Crippen LogP contribution is 2.25. The van der Waals surface area contributed by atoms with Crippen molar-refractivity contribution in [3.8, 4) is 17.1 Å². The number of hydrogen-bond donors (Lipinski definition) is 1. The number of fused-ring (bicyclic) bond motifs is 2. The van der Waals surface area contributed by atoms with E-state index in [2.05, 4.69) is 9.97 Å². The summed E-state index contributed by atoms with van der Waals surface area (Å²) in [5, 5.41) is 0. The van der Waals surface area contributed by atoms with Gasteiger partial charge in [-0.05, 0) is 36.4 Å². The van der Waals surface area contributed by atoms with Gasteiger partial charge in [-0.1, -0.05) is 0 Å². The lowest BCUT2D eigenvalue weighted by molar-refractivity contribution is 0.415. The number of nitrogens with zero attached hydrogens (tertiary/aromatic N) is 3. The number of rotatable bonds is 2. The molecule has 0 amide bonds. The lowest BCUT2D eigenvalue weighted by atomic mass is 10.2. The third-order valence-corrected chi connectivity index (χ3v) is 4.46. The van der Waals surface area contributed by atoms with Crippen molar-refractivity contribution in [2.24, 2.45) is 14.1 Å². The quantitative estimate of drug-likeness (QED) is 0.566. The van der Waals surface area contributed by atoms with E-state index in [0.717, 1.165) is 22.3 Å². The van der Waals surface area contributed by atoms with Crippen molar-refractivity contribution in [1.29, 1.82) is 0 Å². The summed E-state index contributed by atoms with van der Waals surface area (Å²) in [7, 11) is 4.81. The van der Waals surface area contributed by atoms with Crippen molar-refractivity contribution in [2.45, 2.75) is 0 Å². The summed E-state index contributed by atoms with van der Waals surface area (Å²) in [6.45, 7) is 0. The van der Waals surface area contributed by atoms with Crippen molar-refractivity contribution in [2.75, 3.05) is 7.11 Å². The normalized spacial score (nSPS) is 11.3. The van der Waals surface area contributed by atoms with Crippen molar-refractivity contribution in [1.82, 2.24) is 19.1 Å². The zero-order valence-corrected chi connectivity index (χ0v) is 14.0. The summed E-state index contributed by atoms with van der Waals surface area (Å²) in [4.78, 5) is 31.9. The number of aromatic nitrogens is 4. The standard InChI is InChI=1S/C18H16N4O3/c1-21-14-8-12-13(9-15(14)22(2)18(24)17(21)23)20-16(19-12)10-4-6-11(25-3)7-5-10/h4-9H,1-3H3,(H,19,20). The summed E-state index contributed by atoms with van der Waals surface area (Å²) in [5.41, 5.74) is 2.67. The predicted molar refractivity (Wildman–Crippen MR) is 96.1 cm³/mol. The Bertz CT molecular complexity index is 1160. The third-order valence-electron chi connectivity index (χ3n) is 4.46. The first kappa shape index (κ1) is 15.2. The van der Waals surface area contributed by atoms with Gasteiger partial charge in [-0.2, -0.15) is 0 Å². The molecule has 126 valence electrons. The molecule has 0 spiro atoms. The summed E-state index contributed by atoms with van der Waals surface area (Å²) in [6, 6.07) is 11.2. The van der Waals surface area contributed by atoms with Gasteiger partial charge in [-0.3, -0.25) is 9.59 Å². The molecular weight excluding hydrogens is 320 g/mol. The van der Waals surface area contributed by atoms with E-state index in [-0.39, 0.29) is 0 Å². The van der Waals surface area contributed by atoms with Gasteiger partial charge < -0.3 is 18.9 Å². The molecule has 0 aliphatic heterocycles. The summed E-state index contributed by atoms with van der Waals surface area (Å²) in [5.74, 6) is 1.48. The van der Waals surface area contributed by atoms with Crippen LogP contribution in [0, 0.1) is 0 Å². The summed E-state index contributed by atoms with van der Waals surface area (Å²) < 4.78 is 7.90. The Balaban J connectivity index is 1.98. The minimum Gasteiger partial charge on any atom is -0.497 e. The summed E-state index contributed by atoms with van der Waals surface area (Å²) >= 11 is 0. The second-order valence-electron chi connectivity index (χ2n) is 5.90. The largest absolute Gasteiger partial charge is 0.497 e. The van der Waals surface area contributed by atoms with Crippen LogP contribution in [0.25, 0.3) is 33.5 Å². The Morgan fingerprint density at radius 3 is 2.16 bits per heavy atom. The van der Waals surface area contributed by atoms with Gasteiger partial charge >= 0.3 is 11.1 Å². The molecule has 4 rings (SSSR count). The topological polar surface area (TPSA) is 81.9 Å². The number of aromatic amines is 1. The van der Waals surface area contributed by atoms with Crippen LogP contribution in [-0.4, -0.2) is 26.2 Å². The molecule has 1 N–H and O–H groups in total. The van der Waals surface area contributed by atoms with Crippen LogP contribution in [0.1, 0.15) is 0 Å². The highest BCUT2D eigenvalue weighted by molar-refractivity contribution is 5.92. The molecule has 0 fully saturated rings. The molecule has 0 saturated carbocycles. The van der Waals surface area contributed by atoms with Gasteiger partial charge in [0.25, 0.3) is 0 Å². The minimum atomic E-state index is -0.555. The molecule has 0 bridgehead atoms. The Hall–Kier alpha value is -3.35. The molecule has 0 radical (unpaired) electrons. The Morgan fingerprint density at radius 2 is 1.56 bits per heavy atom. The van der Waals surface area contributed by atoms with Crippen LogP contribution < -0.4 is 15.9 Å². The van der Waals surface area contributed by atoms with E-state index in [9.17, 15) is 9.59 Å². The van der Waals surface area contributed by atoms with E-state index in [1.165, 1.54) is 9.13 Å².